The van der Waals surface area contributed by atoms with Gasteiger partial charge in [0, 0.05) is 17.4 Å². The lowest BCUT2D eigenvalue weighted by atomic mass is 10.0. The highest BCUT2D eigenvalue weighted by molar-refractivity contribution is 6.14. The molecule has 3 rings (SSSR count). The molecule has 7 nitrogen and oxygen atoms in total. The average Bonchev–Trinajstić information content (AvgIpc) is 3.07. The zero-order valence-corrected chi connectivity index (χ0v) is 18.4. The predicted octanol–water partition coefficient (Wildman–Crippen LogP) is 5.39. The zero-order chi connectivity index (χ0) is 22.4. The van der Waals surface area contributed by atoms with Gasteiger partial charge in [-0.05, 0) is 62.8 Å². The number of methoxy groups -OCH3 is 1. The van der Waals surface area contributed by atoms with Gasteiger partial charge in [0.1, 0.15) is 5.75 Å². The summed E-state index contributed by atoms with van der Waals surface area (Å²) in [7, 11) is 5.33. The number of hydrogen-bond acceptors (Lipinski definition) is 6. The van der Waals surface area contributed by atoms with Gasteiger partial charge in [-0.2, -0.15) is 0 Å². The van der Waals surface area contributed by atoms with Crippen molar-refractivity contribution in [3.8, 4) is 11.6 Å². The Morgan fingerprint density at radius 2 is 1.90 bits per heavy atom. The molecule has 0 fully saturated rings. The van der Waals surface area contributed by atoms with Crippen LogP contribution in [0.3, 0.4) is 0 Å². The van der Waals surface area contributed by atoms with Crippen LogP contribution in [0.25, 0.3) is 10.9 Å². The number of hydrogen-bond donors (Lipinski definition) is 2. The summed E-state index contributed by atoms with van der Waals surface area (Å²) in [5.41, 5.74) is 4.16. The third-order valence-electron chi connectivity index (χ3n) is 4.87. The van der Waals surface area contributed by atoms with Gasteiger partial charge < -0.3 is 24.5 Å². The minimum absolute atomic E-state index is 0.0456. The van der Waals surface area contributed by atoms with Crippen molar-refractivity contribution in [3.05, 3.63) is 53.6 Å². The van der Waals surface area contributed by atoms with Crippen LogP contribution in [0, 0.1) is 0 Å². The number of fused-ring (bicyclic) bond motifs is 1. The van der Waals surface area contributed by atoms with Crippen LogP contribution in [-0.4, -0.2) is 48.1 Å². The van der Waals surface area contributed by atoms with Crippen molar-refractivity contribution in [3.63, 3.8) is 0 Å². The fourth-order valence-corrected chi connectivity index (χ4v) is 3.43. The van der Waals surface area contributed by atoms with Gasteiger partial charge in [0.05, 0.1) is 24.1 Å². The molecule has 0 radical (unpaired) electrons. The van der Waals surface area contributed by atoms with Crippen molar-refractivity contribution >= 4 is 28.5 Å². The Morgan fingerprint density at radius 3 is 2.55 bits per heavy atom. The summed E-state index contributed by atoms with van der Waals surface area (Å²) < 4.78 is 9.73. The van der Waals surface area contributed by atoms with Crippen molar-refractivity contribution in [2.45, 2.75) is 32.7 Å². The number of aromatic hydroxyl groups is 1. The summed E-state index contributed by atoms with van der Waals surface area (Å²) in [6.45, 7) is 2.98. The van der Waals surface area contributed by atoms with Crippen molar-refractivity contribution in [1.29, 1.82) is 0 Å². The van der Waals surface area contributed by atoms with E-state index in [-0.39, 0.29) is 5.88 Å². The van der Waals surface area contributed by atoms with Crippen molar-refractivity contribution in [2.75, 3.05) is 21.2 Å². The van der Waals surface area contributed by atoms with E-state index in [2.05, 4.69) is 33.7 Å². The molecule has 0 bridgehead atoms. The molecule has 0 aliphatic carbocycles. The first-order valence-corrected chi connectivity index (χ1v) is 10.3. The number of nitrogens with zero attached hydrogens (tertiary/aromatic N) is 2. The number of nitrogens with one attached hydrogen (secondary N) is 1. The van der Waals surface area contributed by atoms with E-state index in [4.69, 9.17) is 9.73 Å². The third-order valence-corrected chi connectivity index (χ3v) is 4.87. The molecule has 0 saturated carbocycles. The maximum atomic E-state index is 11.5. The van der Waals surface area contributed by atoms with Gasteiger partial charge in [0.2, 0.25) is 0 Å². The maximum Gasteiger partial charge on any atom is 0.513 e. The van der Waals surface area contributed by atoms with Crippen LogP contribution in [-0.2, 0) is 11.3 Å². The van der Waals surface area contributed by atoms with E-state index in [9.17, 15) is 9.90 Å². The van der Waals surface area contributed by atoms with Crippen molar-refractivity contribution in [1.82, 2.24) is 9.88 Å². The number of H-pyrrole nitrogens is 1. The Kier molecular flexibility index (Phi) is 7.31. The molecule has 0 amide bonds. The number of carbonyl (C=O) groups is 1. The van der Waals surface area contributed by atoms with E-state index in [0.717, 1.165) is 41.7 Å². The molecule has 2 aromatic carbocycles. The highest BCUT2D eigenvalue weighted by Crippen LogP contribution is 2.33. The van der Waals surface area contributed by atoms with Crippen LogP contribution in [0.2, 0.25) is 0 Å². The minimum atomic E-state index is -0.793. The van der Waals surface area contributed by atoms with Gasteiger partial charge >= 0.3 is 6.16 Å². The molecule has 0 saturated heterocycles. The van der Waals surface area contributed by atoms with Crippen LogP contribution < -0.4 is 4.74 Å². The van der Waals surface area contributed by atoms with Crippen molar-refractivity contribution < 1.29 is 19.4 Å². The number of ether oxygens (including phenoxy) is 2. The van der Waals surface area contributed by atoms with Crippen LogP contribution in [0.5, 0.6) is 11.6 Å². The van der Waals surface area contributed by atoms with Gasteiger partial charge in [-0.3, -0.25) is 4.99 Å². The molecule has 3 aromatic rings. The van der Waals surface area contributed by atoms with E-state index in [1.54, 1.807) is 18.2 Å². The SMILES string of the molecule is CCCCC(=Nc1ccc(CN(C)C)cc1)c1c(O)[nH]c2ccc(OC(=O)OC)cc12. The summed E-state index contributed by atoms with van der Waals surface area (Å²) in [6.07, 6.45) is 1.85. The number of aromatic nitrogens is 1. The van der Waals surface area contributed by atoms with E-state index < -0.39 is 6.16 Å². The Labute approximate surface area is 182 Å². The normalized spacial score (nSPS) is 11.8. The monoisotopic (exact) mass is 423 g/mol. The third kappa shape index (κ3) is 5.64. The van der Waals surface area contributed by atoms with E-state index in [0.29, 0.717) is 17.7 Å². The molecule has 7 heteroatoms. The molecule has 1 aromatic heterocycles. The first kappa shape index (κ1) is 22.4. The highest BCUT2D eigenvalue weighted by atomic mass is 16.7. The fraction of sp³-hybridized carbons (Fsp3) is 0.333. The van der Waals surface area contributed by atoms with E-state index in [1.165, 1.54) is 12.7 Å². The fourth-order valence-electron chi connectivity index (χ4n) is 3.43. The van der Waals surface area contributed by atoms with Crippen molar-refractivity contribution in [2.24, 2.45) is 4.99 Å². The quantitative estimate of drug-likeness (QED) is 0.288. The first-order valence-electron chi connectivity index (χ1n) is 10.3. The Balaban J connectivity index is 2.03. The van der Waals surface area contributed by atoms with Crippen LogP contribution in [0.1, 0.15) is 37.3 Å². The lowest BCUT2D eigenvalue weighted by Gasteiger charge is -2.10. The van der Waals surface area contributed by atoms with Gasteiger partial charge in [-0.25, -0.2) is 4.79 Å². The molecule has 164 valence electrons. The Bertz CT molecular complexity index is 1070. The number of unbranched alkanes of at least 4 members (excludes halogenated alkanes) is 1. The first-order chi connectivity index (χ1) is 14.9. The molecule has 0 spiro atoms. The number of benzene rings is 2. The molecule has 2 N–H and O–H groups in total. The second-order valence-corrected chi connectivity index (χ2v) is 7.68. The van der Waals surface area contributed by atoms with E-state index >= 15 is 0 Å². The molecule has 0 atom stereocenters. The topological polar surface area (TPSA) is 87.1 Å². The van der Waals surface area contributed by atoms with Gasteiger partial charge in [0.25, 0.3) is 0 Å². The largest absolute Gasteiger partial charge is 0.513 e. The molecule has 0 aliphatic rings. The zero-order valence-electron chi connectivity index (χ0n) is 18.4. The highest BCUT2D eigenvalue weighted by Gasteiger charge is 2.18. The lowest BCUT2D eigenvalue weighted by molar-refractivity contribution is 0.121. The standard InChI is InChI=1S/C24H29N3O4/c1-5-6-7-21(25-17-10-8-16(9-11-17)15-27(2)3)22-19-14-18(31-24(29)30-4)12-13-20(19)26-23(22)28/h8-14,26,28H,5-7,15H2,1-4H3. The average molecular weight is 424 g/mol. The summed E-state index contributed by atoms with van der Waals surface area (Å²) >= 11 is 0. The Hall–Kier alpha value is -3.32. The molecule has 1 heterocycles. The maximum absolute atomic E-state index is 11.5. The smallest absolute Gasteiger partial charge is 0.494 e. The predicted molar refractivity (Wildman–Crippen MR) is 123 cm³/mol. The summed E-state index contributed by atoms with van der Waals surface area (Å²) in [5, 5.41) is 11.4. The molecular weight excluding hydrogens is 394 g/mol. The second-order valence-electron chi connectivity index (χ2n) is 7.68. The summed E-state index contributed by atoms with van der Waals surface area (Å²) in [6, 6.07) is 13.2. The number of aromatic amines is 1. The number of carbonyl (C=O) groups excluding carboxylic acids is 1. The van der Waals surface area contributed by atoms with Gasteiger partial charge in [-0.15, -0.1) is 0 Å². The molecular formula is C24H29N3O4. The summed E-state index contributed by atoms with van der Waals surface area (Å²) in [4.78, 5) is 21.5. The van der Waals surface area contributed by atoms with Gasteiger partial charge in [0.15, 0.2) is 5.88 Å². The molecule has 31 heavy (non-hydrogen) atoms. The number of aliphatic imine (C=N–C) groups is 1. The van der Waals surface area contributed by atoms with Crippen LogP contribution in [0.4, 0.5) is 10.5 Å². The van der Waals surface area contributed by atoms with Gasteiger partial charge in [-0.1, -0.05) is 25.5 Å². The summed E-state index contributed by atoms with van der Waals surface area (Å²) in [5.74, 6) is 0.381. The van der Waals surface area contributed by atoms with Crippen LogP contribution >= 0.6 is 0 Å². The lowest BCUT2D eigenvalue weighted by Crippen LogP contribution is -2.10. The molecule has 0 unspecified atom stereocenters. The van der Waals surface area contributed by atoms with Crippen LogP contribution in [0.15, 0.2) is 47.5 Å². The number of rotatable bonds is 8. The minimum Gasteiger partial charge on any atom is -0.494 e. The Morgan fingerprint density at radius 1 is 1.16 bits per heavy atom. The molecule has 0 aliphatic heterocycles. The second kappa shape index (κ2) is 10.1. The van der Waals surface area contributed by atoms with E-state index in [1.807, 2.05) is 26.2 Å².